The molecule has 1 N–H and O–H groups in total. The summed E-state index contributed by atoms with van der Waals surface area (Å²) in [5, 5.41) is 6.87. The molecule has 0 saturated carbocycles. The van der Waals surface area contributed by atoms with Crippen LogP contribution in [-0.4, -0.2) is 12.0 Å². The number of nitrogens with zero attached hydrogens (tertiary/aromatic N) is 1. The highest BCUT2D eigenvalue weighted by Crippen LogP contribution is 2.20. The Morgan fingerprint density at radius 1 is 1.26 bits per heavy atom. The molecule has 2 rings (SSSR count). The quantitative estimate of drug-likeness (QED) is 0.826. The summed E-state index contributed by atoms with van der Waals surface area (Å²) in [6.45, 7) is 2.22. The number of aryl methyl sites for hydroxylation is 1. The van der Waals surface area contributed by atoms with E-state index in [0.29, 0.717) is 6.04 Å². The van der Waals surface area contributed by atoms with Crippen LogP contribution in [0.1, 0.15) is 42.1 Å². The van der Waals surface area contributed by atoms with Crippen molar-refractivity contribution in [1.82, 2.24) is 10.3 Å². The smallest absolute Gasteiger partial charge is 0.0928 e. The first-order valence-electron chi connectivity index (χ1n) is 6.99. The van der Waals surface area contributed by atoms with Crippen molar-refractivity contribution < 1.29 is 0 Å². The molecule has 0 fully saturated rings. The lowest BCUT2D eigenvalue weighted by Gasteiger charge is -2.15. The van der Waals surface area contributed by atoms with Gasteiger partial charge in [-0.2, -0.15) is 0 Å². The van der Waals surface area contributed by atoms with E-state index in [0.717, 1.165) is 12.8 Å². The normalized spacial score (nSPS) is 12.5. The number of hydrogen-bond acceptors (Lipinski definition) is 3. The zero-order chi connectivity index (χ0) is 13.5. The summed E-state index contributed by atoms with van der Waals surface area (Å²) in [6, 6.07) is 10.9. The molecule has 1 aromatic carbocycles. The van der Waals surface area contributed by atoms with E-state index >= 15 is 0 Å². The minimum absolute atomic E-state index is 0.349. The standard InChI is InChI=1S/C16H22N2S/c1-3-4-10-16-18-14(12-19-16)11-15(17-2)13-8-6-5-7-9-13/h5-9,12,15,17H,3-4,10-11H2,1-2H3. The summed E-state index contributed by atoms with van der Waals surface area (Å²) >= 11 is 1.80. The monoisotopic (exact) mass is 274 g/mol. The molecule has 1 unspecified atom stereocenters. The van der Waals surface area contributed by atoms with E-state index in [1.165, 1.54) is 29.1 Å². The number of benzene rings is 1. The van der Waals surface area contributed by atoms with Crippen molar-refractivity contribution in [3.05, 3.63) is 52.0 Å². The van der Waals surface area contributed by atoms with Crippen molar-refractivity contribution in [2.24, 2.45) is 0 Å². The minimum atomic E-state index is 0.349. The fourth-order valence-electron chi connectivity index (χ4n) is 2.17. The summed E-state index contributed by atoms with van der Waals surface area (Å²) in [5.41, 5.74) is 2.53. The van der Waals surface area contributed by atoms with Gasteiger partial charge in [-0.15, -0.1) is 11.3 Å². The predicted octanol–water partition coefficient (Wildman–Crippen LogP) is 3.99. The van der Waals surface area contributed by atoms with Crippen molar-refractivity contribution in [3.8, 4) is 0 Å². The Morgan fingerprint density at radius 3 is 2.74 bits per heavy atom. The van der Waals surface area contributed by atoms with Crippen LogP contribution in [0, 0.1) is 0 Å². The Labute approximate surface area is 119 Å². The second-order valence-electron chi connectivity index (χ2n) is 4.79. The molecule has 0 bridgehead atoms. The lowest BCUT2D eigenvalue weighted by Crippen LogP contribution is -2.18. The number of hydrogen-bond donors (Lipinski definition) is 1. The van der Waals surface area contributed by atoms with Crippen molar-refractivity contribution in [3.63, 3.8) is 0 Å². The van der Waals surface area contributed by atoms with E-state index in [2.05, 4.69) is 48.0 Å². The maximum absolute atomic E-state index is 4.74. The van der Waals surface area contributed by atoms with Gasteiger partial charge in [-0.25, -0.2) is 4.98 Å². The van der Waals surface area contributed by atoms with Crippen LogP contribution in [0.15, 0.2) is 35.7 Å². The van der Waals surface area contributed by atoms with E-state index in [9.17, 15) is 0 Å². The molecular formula is C16H22N2S. The summed E-state index contributed by atoms with van der Waals surface area (Å²) in [6.07, 6.45) is 4.55. The van der Waals surface area contributed by atoms with Crippen LogP contribution in [-0.2, 0) is 12.8 Å². The Balaban J connectivity index is 2.00. The molecule has 0 saturated heterocycles. The maximum Gasteiger partial charge on any atom is 0.0928 e. The molecule has 3 heteroatoms. The Morgan fingerprint density at radius 2 is 2.05 bits per heavy atom. The van der Waals surface area contributed by atoms with Crippen LogP contribution in [0.3, 0.4) is 0 Å². The van der Waals surface area contributed by atoms with Gasteiger partial charge >= 0.3 is 0 Å². The highest BCUT2D eigenvalue weighted by Gasteiger charge is 2.11. The summed E-state index contributed by atoms with van der Waals surface area (Å²) in [4.78, 5) is 4.74. The Hall–Kier alpha value is -1.19. The van der Waals surface area contributed by atoms with Crippen LogP contribution in [0.25, 0.3) is 0 Å². The van der Waals surface area contributed by atoms with E-state index in [-0.39, 0.29) is 0 Å². The van der Waals surface area contributed by atoms with Crippen molar-refractivity contribution in [2.75, 3.05) is 7.05 Å². The Kier molecular flexibility index (Phi) is 5.55. The van der Waals surface area contributed by atoms with Crippen molar-refractivity contribution in [2.45, 2.75) is 38.6 Å². The highest BCUT2D eigenvalue weighted by molar-refractivity contribution is 7.09. The van der Waals surface area contributed by atoms with Crippen LogP contribution < -0.4 is 5.32 Å². The number of unbranched alkanes of at least 4 members (excludes halogenated alkanes) is 1. The molecule has 2 aromatic rings. The van der Waals surface area contributed by atoms with Gasteiger partial charge < -0.3 is 5.32 Å². The van der Waals surface area contributed by atoms with E-state index in [4.69, 9.17) is 4.98 Å². The molecule has 0 amide bonds. The Bertz CT molecular complexity index is 479. The second kappa shape index (κ2) is 7.41. The van der Waals surface area contributed by atoms with Crippen molar-refractivity contribution >= 4 is 11.3 Å². The first-order chi connectivity index (χ1) is 9.33. The second-order valence-corrected chi connectivity index (χ2v) is 5.73. The molecule has 0 aliphatic carbocycles. The number of rotatable bonds is 7. The molecule has 0 radical (unpaired) electrons. The minimum Gasteiger partial charge on any atom is -0.313 e. The van der Waals surface area contributed by atoms with E-state index < -0.39 is 0 Å². The molecule has 0 aliphatic rings. The number of likely N-dealkylation sites (N-methyl/N-ethyl adjacent to an activating group) is 1. The average Bonchev–Trinajstić information content (AvgIpc) is 2.91. The van der Waals surface area contributed by atoms with Gasteiger partial charge in [0.2, 0.25) is 0 Å². The molecule has 1 atom stereocenters. The zero-order valence-electron chi connectivity index (χ0n) is 11.7. The third-order valence-corrected chi connectivity index (χ3v) is 4.26. The lowest BCUT2D eigenvalue weighted by molar-refractivity contribution is 0.585. The molecule has 1 aromatic heterocycles. The van der Waals surface area contributed by atoms with Crippen LogP contribution in [0.2, 0.25) is 0 Å². The molecule has 102 valence electrons. The summed E-state index contributed by atoms with van der Waals surface area (Å²) < 4.78 is 0. The predicted molar refractivity (Wildman–Crippen MR) is 82.7 cm³/mol. The molecular weight excluding hydrogens is 252 g/mol. The molecule has 0 aliphatic heterocycles. The first-order valence-corrected chi connectivity index (χ1v) is 7.87. The van der Waals surface area contributed by atoms with Crippen LogP contribution >= 0.6 is 11.3 Å². The SMILES string of the molecule is CCCCc1nc(CC(NC)c2ccccc2)cs1. The maximum atomic E-state index is 4.74. The van der Waals surface area contributed by atoms with Gasteiger partial charge in [-0.1, -0.05) is 43.7 Å². The van der Waals surface area contributed by atoms with Crippen LogP contribution in [0.4, 0.5) is 0 Å². The molecule has 19 heavy (non-hydrogen) atoms. The van der Waals surface area contributed by atoms with Gasteiger partial charge in [0.25, 0.3) is 0 Å². The van der Waals surface area contributed by atoms with Gasteiger partial charge in [0.05, 0.1) is 10.7 Å². The van der Waals surface area contributed by atoms with Gasteiger partial charge in [-0.05, 0) is 25.5 Å². The summed E-state index contributed by atoms with van der Waals surface area (Å²) in [7, 11) is 2.02. The zero-order valence-corrected chi connectivity index (χ0v) is 12.5. The number of aromatic nitrogens is 1. The first kappa shape index (κ1) is 14.2. The third-order valence-electron chi connectivity index (χ3n) is 3.31. The average molecular weight is 274 g/mol. The number of nitrogens with one attached hydrogen (secondary N) is 1. The van der Waals surface area contributed by atoms with E-state index in [1.54, 1.807) is 11.3 Å². The fourth-order valence-corrected chi connectivity index (χ4v) is 3.02. The van der Waals surface area contributed by atoms with Gasteiger partial charge in [-0.3, -0.25) is 0 Å². The molecule has 0 spiro atoms. The van der Waals surface area contributed by atoms with Gasteiger partial charge in [0.15, 0.2) is 0 Å². The topological polar surface area (TPSA) is 24.9 Å². The van der Waals surface area contributed by atoms with Gasteiger partial charge in [0, 0.05) is 17.8 Å². The fraction of sp³-hybridized carbons (Fsp3) is 0.438. The summed E-state index contributed by atoms with van der Waals surface area (Å²) in [5.74, 6) is 0. The van der Waals surface area contributed by atoms with Crippen LogP contribution in [0.5, 0.6) is 0 Å². The van der Waals surface area contributed by atoms with Gasteiger partial charge in [0.1, 0.15) is 0 Å². The number of thiazole rings is 1. The largest absolute Gasteiger partial charge is 0.313 e. The third kappa shape index (κ3) is 4.15. The van der Waals surface area contributed by atoms with Crippen molar-refractivity contribution in [1.29, 1.82) is 0 Å². The van der Waals surface area contributed by atoms with E-state index in [1.807, 2.05) is 7.05 Å². The molecule has 2 nitrogen and oxygen atoms in total. The highest BCUT2D eigenvalue weighted by atomic mass is 32.1. The lowest BCUT2D eigenvalue weighted by atomic mass is 10.0. The molecule has 1 heterocycles.